The highest BCUT2D eigenvalue weighted by Gasteiger charge is 2.25. The molecule has 5 heteroatoms. The Morgan fingerprint density at radius 3 is 2.57 bits per heavy atom. The molecule has 4 nitrogen and oxygen atoms in total. The Bertz CT molecular complexity index is 569. The van der Waals surface area contributed by atoms with Crippen LogP contribution in [0.2, 0.25) is 0 Å². The minimum Gasteiger partial charge on any atom is -0.381 e. The van der Waals surface area contributed by atoms with Crippen LogP contribution in [0.15, 0.2) is 29.2 Å². The van der Waals surface area contributed by atoms with Crippen molar-refractivity contribution < 1.29 is 8.42 Å². The van der Waals surface area contributed by atoms with Crippen LogP contribution < -0.4 is 10.0 Å². The van der Waals surface area contributed by atoms with Crippen LogP contribution in [0.3, 0.4) is 0 Å². The van der Waals surface area contributed by atoms with Crippen LogP contribution in [0.1, 0.15) is 39.5 Å². The van der Waals surface area contributed by atoms with Gasteiger partial charge in [-0.1, -0.05) is 38.8 Å². The zero-order chi connectivity index (χ0) is 15.5. The van der Waals surface area contributed by atoms with Gasteiger partial charge in [0.2, 0.25) is 10.0 Å². The Morgan fingerprint density at radius 2 is 1.90 bits per heavy atom. The molecular weight excluding hydrogens is 284 g/mol. The van der Waals surface area contributed by atoms with Crippen LogP contribution in [0.25, 0.3) is 0 Å². The lowest BCUT2D eigenvalue weighted by Gasteiger charge is -2.33. The van der Waals surface area contributed by atoms with E-state index in [4.69, 9.17) is 0 Å². The lowest BCUT2D eigenvalue weighted by Crippen LogP contribution is -2.30. The standard InChI is InChI=1S/C16H26N2O2S/c1-12(2)13-7-6-8-14(11-13)18-15-9-4-5-10-16(15)21(19,20)17-3/h4-5,9-10,12-14,17-18H,6-8,11H2,1-3H3. The first-order valence-electron chi connectivity index (χ1n) is 7.73. The maximum atomic E-state index is 12.1. The quantitative estimate of drug-likeness (QED) is 0.878. The van der Waals surface area contributed by atoms with Gasteiger partial charge >= 0.3 is 0 Å². The Balaban J connectivity index is 2.17. The largest absolute Gasteiger partial charge is 0.381 e. The highest BCUT2D eigenvalue weighted by atomic mass is 32.2. The third-order valence-corrected chi connectivity index (χ3v) is 5.93. The first-order valence-corrected chi connectivity index (χ1v) is 9.21. The summed E-state index contributed by atoms with van der Waals surface area (Å²) in [7, 11) is -1.98. The third-order valence-electron chi connectivity index (χ3n) is 4.46. The van der Waals surface area contributed by atoms with Crippen molar-refractivity contribution in [3.05, 3.63) is 24.3 Å². The molecule has 1 saturated carbocycles. The van der Waals surface area contributed by atoms with Crippen LogP contribution >= 0.6 is 0 Å². The van der Waals surface area contributed by atoms with Gasteiger partial charge in [0.25, 0.3) is 0 Å². The van der Waals surface area contributed by atoms with E-state index in [1.807, 2.05) is 12.1 Å². The van der Waals surface area contributed by atoms with Crippen LogP contribution in [0, 0.1) is 11.8 Å². The first-order chi connectivity index (χ1) is 9.94. The molecule has 0 radical (unpaired) electrons. The molecule has 1 aliphatic carbocycles. The van der Waals surface area contributed by atoms with Gasteiger partial charge < -0.3 is 5.32 Å². The minimum absolute atomic E-state index is 0.333. The summed E-state index contributed by atoms with van der Waals surface area (Å²) in [6.45, 7) is 4.54. The molecule has 0 spiro atoms. The molecule has 0 bridgehead atoms. The van der Waals surface area contributed by atoms with E-state index < -0.39 is 10.0 Å². The van der Waals surface area contributed by atoms with Crippen molar-refractivity contribution in [3.63, 3.8) is 0 Å². The van der Waals surface area contributed by atoms with E-state index in [2.05, 4.69) is 23.9 Å². The molecule has 1 aliphatic rings. The van der Waals surface area contributed by atoms with Gasteiger partial charge in [0.05, 0.1) is 5.69 Å². The zero-order valence-electron chi connectivity index (χ0n) is 13.1. The number of sulfonamides is 1. The number of benzene rings is 1. The molecule has 2 rings (SSSR count). The summed E-state index contributed by atoms with van der Waals surface area (Å²) in [5.74, 6) is 1.41. The maximum Gasteiger partial charge on any atom is 0.242 e. The molecule has 0 aromatic heterocycles. The topological polar surface area (TPSA) is 58.2 Å². The van der Waals surface area contributed by atoms with Gasteiger partial charge in [-0.15, -0.1) is 0 Å². The lowest BCUT2D eigenvalue weighted by molar-refractivity contribution is 0.264. The van der Waals surface area contributed by atoms with Gasteiger partial charge in [-0.3, -0.25) is 0 Å². The fourth-order valence-electron chi connectivity index (χ4n) is 3.11. The molecule has 2 atom stereocenters. The van der Waals surface area contributed by atoms with Crippen molar-refractivity contribution in [1.82, 2.24) is 4.72 Å². The van der Waals surface area contributed by atoms with Crippen LogP contribution in [0.4, 0.5) is 5.69 Å². The Hall–Kier alpha value is -1.07. The molecule has 0 amide bonds. The predicted molar refractivity (Wildman–Crippen MR) is 86.9 cm³/mol. The second-order valence-electron chi connectivity index (χ2n) is 6.22. The molecule has 0 saturated heterocycles. The lowest BCUT2D eigenvalue weighted by atomic mass is 9.79. The fourth-order valence-corrected chi connectivity index (χ4v) is 4.01. The normalized spacial score (nSPS) is 23.2. The predicted octanol–water partition coefficient (Wildman–Crippen LogP) is 3.22. The van der Waals surface area contributed by atoms with Gasteiger partial charge in [-0.05, 0) is 43.9 Å². The van der Waals surface area contributed by atoms with E-state index in [1.54, 1.807) is 12.1 Å². The Labute approximate surface area is 128 Å². The molecular formula is C16H26N2O2S. The van der Waals surface area contributed by atoms with Gasteiger partial charge in [-0.2, -0.15) is 0 Å². The van der Waals surface area contributed by atoms with Gasteiger partial charge in [0.15, 0.2) is 0 Å². The van der Waals surface area contributed by atoms with Gasteiger partial charge in [-0.25, -0.2) is 13.1 Å². The second-order valence-corrected chi connectivity index (χ2v) is 8.07. The van der Waals surface area contributed by atoms with Gasteiger partial charge in [0.1, 0.15) is 4.90 Å². The van der Waals surface area contributed by atoms with E-state index in [0.717, 1.165) is 18.8 Å². The van der Waals surface area contributed by atoms with Gasteiger partial charge in [0, 0.05) is 6.04 Å². The van der Waals surface area contributed by atoms with Crippen molar-refractivity contribution in [3.8, 4) is 0 Å². The SMILES string of the molecule is CNS(=O)(=O)c1ccccc1NC1CCCC(C(C)C)C1. The number of hydrogen-bond acceptors (Lipinski definition) is 3. The number of para-hydroxylation sites is 1. The minimum atomic E-state index is -3.42. The molecule has 21 heavy (non-hydrogen) atoms. The molecule has 1 fully saturated rings. The molecule has 118 valence electrons. The van der Waals surface area contributed by atoms with Crippen molar-refractivity contribution in [2.24, 2.45) is 11.8 Å². The average molecular weight is 310 g/mol. The maximum absolute atomic E-state index is 12.1. The molecule has 2 unspecified atom stereocenters. The van der Waals surface area contributed by atoms with E-state index in [9.17, 15) is 8.42 Å². The van der Waals surface area contributed by atoms with Crippen LogP contribution in [-0.2, 0) is 10.0 Å². The Morgan fingerprint density at radius 1 is 1.19 bits per heavy atom. The van der Waals surface area contributed by atoms with Crippen molar-refractivity contribution in [2.75, 3.05) is 12.4 Å². The van der Waals surface area contributed by atoms with E-state index in [0.29, 0.717) is 22.5 Å². The molecule has 0 aliphatic heterocycles. The molecule has 0 heterocycles. The number of hydrogen-bond donors (Lipinski definition) is 2. The summed E-state index contributed by atoms with van der Waals surface area (Å²) in [5, 5.41) is 3.46. The van der Waals surface area contributed by atoms with Crippen molar-refractivity contribution >= 4 is 15.7 Å². The fraction of sp³-hybridized carbons (Fsp3) is 0.625. The monoisotopic (exact) mass is 310 g/mol. The summed E-state index contributed by atoms with van der Waals surface area (Å²) in [6.07, 6.45) is 4.72. The van der Waals surface area contributed by atoms with E-state index in [-0.39, 0.29) is 0 Å². The second kappa shape index (κ2) is 6.79. The zero-order valence-corrected chi connectivity index (χ0v) is 13.9. The Kier molecular flexibility index (Phi) is 5.27. The summed E-state index contributed by atoms with van der Waals surface area (Å²) >= 11 is 0. The molecule has 1 aromatic rings. The van der Waals surface area contributed by atoms with Crippen molar-refractivity contribution in [2.45, 2.75) is 50.5 Å². The summed E-state index contributed by atoms with van der Waals surface area (Å²) in [4.78, 5) is 0.333. The average Bonchev–Trinajstić information content (AvgIpc) is 2.48. The third kappa shape index (κ3) is 3.98. The number of anilines is 1. The summed E-state index contributed by atoms with van der Waals surface area (Å²) < 4.78 is 26.6. The highest BCUT2D eigenvalue weighted by Crippen LogP contribution is 2.32. The van der Waals surface area contributed by atoms with Crippen LogP contribution in [0.5, 0.6) is 0 Å². The number of rotatable bonds is 5. The summed E-state index contributed by atoms with van der Waals surface area (Å²) in [5.41, 5.74) is 0.709. The number of nitrogens with one attached hydrogen (secondary N) is 2. The van der Waals surface area contributed by atoms with Crippen LogP contribution in [-0.4, -0.2) is 21.5 Å². The van der Waals surface area contributed by atoms with Crippen molar-refractivity contribution in [1.29, 1.82) is 0 Å². The summed E-state index contributed by atoms with van der Waals surface area (Å²) in [6, 6.07) is 7.49. The molecule has 1 aromatic carbocycles. The van der Waals surface area contributed by atoms with E-state index >= 15 is 0 Å². The first kappa shape index (κ1) is 16.3. The van der Waals surface area contributed by atoms with E-state index in [1.165, 1.54) is 19.9 Å². The smallest absolute Gasteiger partial charge is 0.242 e. The highest BCUT2D eigenvalue weighted by molar-refractivity contribution is 7.89. The molecule has 2 N–H and O–H groups in total.